The number of carbonyl (C=O) groups is 2. The summed E-state index contributed by atoms with van der Waals surface area (Å²) in [5, 5.41) is 3.86. The molecule has 5 heteroatoms. The second-order valence-corrected chi connectivity index (χ2v) is 6.19. The molecular weight excluding hydrogens is 328 g/mol. The largest absolute Gasteiger partial charge is 0.467 e. The number of aryl methyl sites for hydroxylation is 1. The highest BCUT2D eigenvalue weighted by Crippen LogP contribution is 2.19. The average Bonchev–Trinajstić information content (AvgIpc) is 3.09. The summed E-state index contributed by atoms with van der Waals surface area (Å²) in [5.41, 5.74) is 3.06. The van der Waals surface area contributed by atoms with Crippen molar-refractivity contribution in [3.63, 3.8) is 0 Å². The number of methoxy groups -OCH3 is 1. The highest BCUT2D eigenvalue weighted by molar-refractivity contribution is 5.87. The van der Waals surface area contributed by atoms with Crippen molar-refractivity contribution in [3.05, 3.63) is 71.9 Å². The molecule has 3 aromatic rings. The van der Waals surface area contributed by atoms with Gasteiger partial charge in [-0.25, -0.2) is 4.79 Å². The molecule has 0 radical (unpaired) electrons. The van der Waals surface area contributed by atoms with Crippen molar-refractivity contribution in [2.24, 2.45) is 0 Å². The van der Waals surface area contributed by atoms with Gasteiger partial charge < -0.3 is 15.0 Å². The summed E-state index contributed by atoms with van der Waals surface area (Å²) < 4.78 is 4.87. The van der Waals surface area contributed by atoms with Gasteiger partial charge in [-0.2, -0.15) is 0 Å². The first-order valence-electron chi connectivity index (χ1n) is 8.63. The van der Waals surface area contributed by atoms with E-state index in [0.717, 1.165) is 22.0 Å². The van der Waals surface area contributed by atoms with Crippen LogP contribution in [-0.4, -0.2) is 30.0 Å². The molecule has 0 saturated carbocycles. The fourth-order valence-corrected chi connectivity index (χ4v) is 3.03. The van der Waals surface area contributed by atoms with Crippen LogP contribution in [0.2, 0.25) is 0 Å². The third kappa shape index (κ3) is 4.30. The Balaban J connectivity index is 1.66. The molecule has 0 spiro atoms. The van der Waals surface area contributed by atoms with Crippen molar-refractivity contribution >= 4 is 22.8 Å². The monoisotopic (exact) mass is 350 g/mol. The van der Waals surface area contributed by atoms with Crippen LogP contribution in [0.25, 0.3) is 10.9 Å². The van der Waals surface area contributed by atoms with E-state index in [1.165, 1.54) is 7.11 Å². The molecule has 2 N–H and O–H groups in total. The van der Waals surface area contributed by atoms with Crippen LogP contribution in [0, 0.1) is 0 Å². The molecule has 0 fully saturated rings. The number of aromatic amines is 1. The number of H-pyrrole nitrogens is 1. The van der Waals surface area contributed by atoms with Crippen molar-refractivity contribution in [1.29, 1.82) is 0 Å². The SMILES string of the molecule is COC(=O)C(Cc1c[nH]c2ccccc12)NC(=O)CCc1ccccc1. The Kier molecular flexibility index (Phi) is 5.69. The van der Waals surface area contributed by atoms with E-state index in [2.05, 4.69) is 10.3 Å². The Hall–Kier alpha value is -3.08. The Labute approximate surface area is 152 Å². The maximum absolute atomic E-state index is 12.3. The van der Waals surface area contributed by atoms with Crippen molar-refractivity contribution in [1.82, 2.24) is 10.3 Å². The molecule has 1 aromatic heterocycles. The molecule has 1 amide bonds. The van der Waals surface area contributed by atoms with Crippen LogP contribution in [0.1, 0.15) is 17.5 Å². The fourth-order valence-electron chi connectivity index (χ4n) is 3.03. The molecule has 1 atom stereocenters. The molecular formula is C21H22N2O3. The van der Waals surface area contributed by atoms with Gasteiger partial charge in [0.15, 0.2) is 0 Å². The predicted octanol–water partition coefficient (Wildman–Crippen LogP) is 3.00. The number of fused-ring (bicyclic) bond motifs is 1. The Morgan fingerprint density at radius 1 is 1.08 bits per heavy atom. The summed E-state index contributed by atoms with van der Waals surface area (Å²) in [6.07, 6.45) is 3.21. The van der Waals surface area contributed by atoms with Crippen molar-refractivity contribution in [2.75, 3.05) is 7.11 Å². The Morgan fingerprint density at radius 2 is 1.81 bits per heavy atom. The van der Waals surface area contributed by atoms with Crippen LogP contribution in [0.3, 0.4) is 0 Å². The maximum atomic E-state index is 12.3. The number of ether oxygens (including phenoxy) is 1. The lowest BCUT2D eigenvalue weighted by molar-refractivity contribution is -0.145. The molecule has 26 heavy (non-hydrogen) atoms. The van der Waals surface area contributed by atoms with Crippen LogP contribution in [0.15, 0.2) is 60.8 Å². The van der Waals surface area contributed by atoms with Gasteiger partial charge in [-0.05, 0) is 23.6 Å². The highest BCUT2D eigenvalue weighted by atomic mass is 16.5. The van der Waals surface area contributed by atoms with E-state index in [1.54, 1.807) is 0 Å². The summed E-state index contributed by atoms with van der Waals surface area (Å²) in [6.45, 7) is 0. The van der Waals surface area contributed by atoms with Crippen LogP contribution in [0.4, 0.5) is 0 Å². The molecule has 3 rings (SSSR count). The molecule has 0 aliphatic rings. The second-order valence-electron chi connectivity index (χ2n) is 6.19. The zero-order valence-corrected chi connectivity index (χ0v) is 14.7. The lowest BCUT2D eigenvalue weighted by Gasteiger charge is -2.16. The number of para-hydroxylation sites is 1. The van der Waals surface area contributed by atoms with E-state index >= 15 is 0 Å². The average molecular weight is 350 g/mol. The minimum Gasteiger partial charge on any atom is -0.467 e. The van der Waals surface area contributed by atoms with Crippen LogP contribution in [0.5, 0.6) is 0 Å². The number of nitrogens with one attached hydrogen (secondary N) is 2. The van der Waals surface area contributed by atoms with Crippen molar-refractivity contribution < 1.29 is 14.3 Å². The molecule has 1 unspecified atom stereocenters. The van der Waals surface area contributed by atoms with E-state index in [1.807, 2.05) is 60.8 Å². The molecule has 1 heterocycles. The summed E-state index contributed by atoms with van der Waals surface area (Å²) in [5.74, 6) is -0.604. The summed E-state index contributed by atoms with van der Waals surface area (Å²) in [7, 11) is 1.33. The number of hydrogen-bond donors (Lipinski definition) is 2. The Bertz CT molecular complexity index is 886. The molecule has 0 bridgehead atoms. The molecule has 0 aliphatic carbocycles. The first-order chi connectivity index (χ1) is 12.7. The van der Waals surface area contributed by atoms with Gasteiger partial charge in [-0.3, -0.25) is 4.79 Å². The number of esters is 1. The fraction of sp³-hybridized carbons (Fsp3) is 0.238. The van der Waals surface area contributed by atoms with Gasteiger partial charge in [0.25, 0.3) is 0 Å². The van der Waals surface area contributed by atoms with E-state index in [9.17, 15) is 9.59 Å². The van der Waals surface area contributed by atoms with Gasteiger partial charge in [0, 0.05) is 29.9 Å². The first-order valence-corrected chi connectivity index (χ1v) is 8.63. The Morgan fingerprint density at radius 3 is 2.58 bits per heavy atom. The molecule has 0 saturated heterocycles. The number of rotatable bonds is 7. The predicted molar refractivity (Wildman–Crippen MR) is 101 cm³/mol. The minimum absolute atomic E-state index is 0.163. The molecule has 0 aliphatic heterocycles. The third-order valence-corrected chi connectivity index (χ3v) is 4.40. The van der Waals surface area contributed by atoms with Crippen LogP contribution >= 0.6 is 0 Å². The van der Waals surface area contributed by atoms with Crippen LogP contribution in [-0.2, 0) is 27.2 Å². The van der Waals surface area contributed by atoms with E-state index < -0.39 is 12.0 Å². The lowest BCUT2D eigenvalue weighted by atomic mass is 10.0. The quantitative estimate of drug-likeness (QED) is 0.644. The zero-order chi connectivity index (χ0) is 18.4. The van der Waals surface area contributed by atoms with E-state index in [4.69, 9.17) is 4.74 Å². The van der Waals surface area contributed by atoms with Gasteiger partial charge in [-0.15, -0.1) is 0 Å². The normalized spacial score (nSPS) is 11.9. The van der Waals surface area contributed by atoms with Gasteiger partial charge in [0.1, 0.15) is 6.04 Å². The standard InChI is InChI=1S/C21H22N2O3/c1-26-21(25)19(13-16-14-22-18-10-6-5-9-17(16)18)23-20(24)12-11-15-7-3-2-4-8-15/h2-10,14,19,22H,11-13H2,1H3,(H,23,24). The third-order valence-electron chi connectivity index (χ3n) is 4.40. The summed E-state index contributed by atoms with van der Waals surface area (Å²) in [4.78, 5) is 27.6. The van der Waals surface area contributed by atoms with Crippen molar-refractivity contribution in [2.45, 2.75) is 25.3 Å². The number of carbonyl (C=O) groups excluding carboxylic acids is 2. The minimum atomic E-state index is -0.706. The maximum Gasteiger partial charge on any atom is 0.328 e. The van der Waals surface area contributed by atoms with E-state index in [0.29, 0.717) is 19.3 Å². The summed E-state index contributed by atoms with van der Waals surface area (Å²) >= 11 is 0. The van der Waals surface area contributed by atoms with Gasteiger partial charge >= 0.3 is 5.97 Å². The molecule has 5 nitrogen and oxygen atoms in total. The number of hydrogen-bond acceptors (Lipinski definition) is 3. The number of aromatic nitrogens is 1. The van der Waals surface area contributed by atoms with Gasteiger partial charge in [0.2, 0.25) is 5.91 Å². The number of benzene rings is 2. The van der Waals surface area contributed by atoms with Gasteiger partial charge in [0.05, 0.1) is 7.11 Å². The van der Waals surface area contributed by atoms with Gasteiger partial charge in [-0.1, -0.05) is 48.5 Å². The zero-order valence-electron chi connectivity index (χ0n) is 14.7. The highest BCUT2D eigenvalue weighted by Gasteiger charge is 2.23. The smallest absolute Gasteiger partial charge is 0.328 e. The molecule has 134 valence electrons. The lowest BCUT2D eigenvalue weighted by Crippen LogP contribution is -2.43. The number of amides is 1. The molecule has 2 aromatic carbocycles. The summed E-state index contributed by atoms with van der Waals surface area (Å²) in [6, 6.07) is 17.0. The van der Waals surface area contributed by atoms with Crippen LogP contribution < -0.4 is 5.32 Å². The van der Waals surface area contributed by atoms with E-state index in [-0.39, 0.29) is 5.91 Å². The topological polar surface area (TPSA) is 71.2 Å². The second kappa shape index (κ2) is 8.34. The first kappa shape index (κ1) is 17.7. The van der Waals surface area contributed by atoms with Crippen molar-refractivity contribution in [3.8, 4) is 0 Å².